The van der Waals surface area contributed by atoms with E-state index in [1.807, 2.05) is 62.6 Å². The van der Waals surface area contributed by atoms with Gasteiger partial charge in [-0.25, -0.2) is 9.55 Å². The van der Waals surface area contributed by atoms with Gasteiger partial charge in [-0.2, -0.15) is 5.21 Å². The summed E-state index contributed by atoms with van der Waals surface area (Å²) >= 11 is 0. The Labute approximate surface area is 224 Å². The molecule has 3 aromatic heterocycles. The van der Waals surface area contributed by atoms with Crippen molar-refractivity contribution in [1.82, 2.24) is 35.2 Å². The fourth-order valence-corrected chi connectivity index (χ4v) is 4.24. The van der Waals surface area contributed by atoms with E-state index < -0.39 is 0 Å². The van der Waals surface area contributed by atoms with Gasteiger partial charge in [0, 0.05) is 42.4 Å². The lowest BCUT2D eigenvalue weighted by Crippen LogP contribution is -2.33. The summed E-state index contributed by atoms with van der Waals surface area (Å²) in [5.74, 6) is 1.78. The van der Waals surface area contributed by atoms with Crippen LogP contribution in [-0.4, -0.2) is 48.0 Å². The minimum Gasteiger partial charge on any atom is -0.271 e. The van der Waals surface area contributed by atoms with Crippen LogP contribution in [0.4, 0.5) is 0 Å². The van der Waals surface area contributed by atoms with Crippen LogP contribution in [0.1, 0.15) is 87.0 Å². The number of H-pyrrole nitrogens is 1. The van der Waals surface area contributed by atoms with Gasteiger partial charge in [-0.15, -0.1) is 10.2 Å². The van der Waals surface area contributed by atoms with E-state index in [9.17, 15) is 4.79 Å². The Morgan fingerprint density at radius 2 is 2.08 bits per heavy atom. The van der Waals surface area contributed by atoms with Crippen molar-refractivity contribution in [2.75, 3.05) is 7.05 Å². The molecule has 3 rings (SSSR count). The molecule has 0 spiro atoms. The predicted octanol–water partition coefficient (Wildman–Crippen LogP) is 5.00. The van der Waals surface area contributed by atoms with E-state index in [2.05, 4.69) is 46.4 Å². The van der Waals surface area contributed by atoms with Gasteiger partial charge in [0.05, 0.1) is 5.69 Å². The molecular weight excluding hydrogens is 476 g/mol. The van der Waals surface area contributed by atoms with Crippen molar-refractivity contribution in [3.8, 4) is 0 Å². The fraction of sp³-hybridized carbons (Fsp3) is 0.414. The molecule has 0 radical (unpaired) electrons. The third-order valence-electron chi connectivity index (χ3n) is 6.40. The highest BCUT2D eigenvalue weighted by molar-refractivity contribution is 5.95. The standard InChI is InChI=1S/C29H38N8O/c1-7-10-13-24(28-33-35-36-34-28)20(4)22-16-17-23(31-19-22)18-25-26(14-11-8-2)32-21(5)37(29(25)38)27(30-6)15-12-9-3/h7,10,12-13,15-17,19-20H,8-9,11,14,18H2,1-6H3,(H,33,34,35,36)/b10-7-,15-12-,24-13+,30-27?. The molecule has 0 aliphatic heterocycles. The summed E-state index contributed by atoms with van der Waals surface area (Å²) in [6.45, 7) is 10.1. The summed E-state index contributed by atoms with van der Waals surface area (Å²) in [6, 6.07) is 4.03. The maximum atomic E-state index is 13.8. The number of aliphatic imine (C=N–C) groups is 1. The second kappa shape index (κ2) is 14.1. The molecule has 0 amide bonds. The normalized spacial score (nSPS) is 13.6. The molecule has 1 unspecified atom stereocenters. The Morgan fingerprint density at radius 3 is 2.68 bits per heavy atom. The number of nitrogens with one attached hydrogen (secondary N) is 1. The first-order chi connectivity index (χ1) is 18.4. The quantitative estimate of drug-likeness (QED) is 0.219. The first kappa shape index (κ1) is 28.6. The highest BCUT2D eigenvalue weighted by Gasteiger charge is 2.19. The van der Waals surface area contributed by atoms with Crippen LogP contribution in [0.2, 0.25) is 0 Å². The van der Waals surface area contributed by atoms with Crippen molar-refractivity contribution in [1.29, 1.82) is 0 Å². The number of pyridine rings is 1. The van der Waals surface area contributed by atoms with Gasteiger partial charge in [0.25, 0.3) is 5.56 Å². The van der Waals surface area contributed by atoms with Crippen molar-refractivity contribution >= 4 is 11.4 Å². The van der Waals surface area contributed by atoms with Crippen LogP contribution in [0.3, 0.4) is 0 Å². The van der Waals surface area contributed by atoms with E-state index in [4.69, 9.17) is 9.97 Å². The minimum atomic E-state index is -0.0853. The van der Waals surface area contributed by atoms with Gasteiger partial charge in [-0.3, -0.25) is 14.8 Å². The third-order valence-corrected chi connectivity index (χ3v) is 6.40. The summed E-state index contributed by atoms with van der Waals surface area (Å²) in [4.78, 5) is 27.7. The largest absolute Gasteiger partial charge is 0.271 e. The maximum absolute atomic E-state index is 13.8. The lowest BCUT2D eigenvalue weighted by atomic mass is 9.92. The smallest absolute Gasteiger partial charge is 0.263 e. The number of unbranched alkanes of at least 4 members (excludes halogenated alkanes) is 1. The zero-order valence-corrected chi connectivity index (χ0v) is 23.3. The molecule has 0 saturated heterocycles. The van der Waals surface area contributed by atoms with E-state index in [1.54, 1.807) is 11.6 Å². The van der Waals surface area contributed by atoms with E-state index in [1.165, 1.54) is 0 Å². The van der Waals surface area contributed by atoms with Crippen LogP contribution in [0.25, 0.3) is 5.57 Å². The highest BCUT2D eigenvalue weighted by Crippen LogP contribution is 2.29. The second-order valence-corrected chi connectivity index (χ2v) is 9.09. The van der Waals surface area contributed by atoms with Crippen LogP contribution in [-0.2, 0) is 12.8 Å². The Hall–Kier alpha value is -4.01. The number of aryl methyl sites for hydroxylation is 2. The molecule has 0 aliphatic rings. The molecule has 0 bridgehead atoms. The highest BCUT2D eigenvalue weighted by atomic mass is 16.1. The van der Waals surface area contributed by atoms with Crippen LogP contribution in [0.5, 0.6) is 0 Å². The molecule has 0 fully saturated rings. The second-order valence-electron chi connectivity index (χ2n) is 9.09. The molecule has 9 nitrogen and oxygen atoms in total. The van der Waals surface area contributed by atoms with Crippen LogP contribution < -0.4 is 5.56 Å². The Balaban J connectivity index is 1.98. The van der Waals surface area contributed by atoms with Crippen molar-refractivity contribution in [3.63, 3.8) is 0 Å². The van der Waals surface area contributed by atoms with E-state index in [0.29, 0.717) is 29.5 Å². The number of tetrazole rings is 1. The summed E-state index contributed by atoms with van der Waals surface area (Å²) in [7, 11) is 1.70. The van der Waals surface area contributed by atoms with Crippen LogP contribution in [0.15, 0.2) is 58.5 Å². The molecule has 0 aliphatic carbocycles. The summed E-state index contributed by atoms with van der Waals surface area (Å²) in [6.07, 6.45) is 15.6. The van der Waals surface area contributed by atoms with Gasteiger partial charge in [0.2, 0.25) is 5.82 Å². The Morgan fingerprint density at radius 1 is 1.26 bits per heavy atom. The molecule has 38 heavy (non-hydrogen) atoms. The SMILES string of the molecule is C/C=C\C=C(\c1nn[nH]n1)C(C)c1ccc(Cc2c(CCCC)nc(C)n(C(/C=C\CC)=NC)c2=O)nc1. The Bertz CT molecular complexity index is 1360. The number of nitrogens with zero attached hydrogens (tertiary/aromatic N) is 7. The number of aromatic nitrogens is 7. The number of aromatic amines is 1. The van der Waals surface area contributed by atoms with Crippen LogP contribution >= 0.6 is 0 Å². The molecule has 3 aromatic rings. The molecular formula is C29H38N8O. The number of hydrogen-bond donors (Lipinski definition) is 1. The first-order valence-electron chi connectivity index (χ1n) is 13.2. The molecule has 0 aromatic carbocycles. The summed E-state index contributed by atoms with van der Waals surface area (Å²) < 4.78 is 1.61. The molecule has 9 heteroatoms. The number of rotatable bonds is 11. The fourth-order valence-electron chi connectivity index (χ4n) is 4.24. The topological polar surface area (TPSA) is 115 Å². The van der Waals surface area contributed by atoms with Gasteiger partial charge in [0.15, 0.2) is 0 Å². The van der Waals surface area contributed by atoms with Crippen molar-refractivity contribution < 1.29 is 0 Å². The first-order valence-corrected chi connectivity index (χ1v) is 13.2. The number of hydrogen-bond acceptors (Lipinski definition) is 7. The van der Waals surface area contributed by atoms with Gasteiger partial charge in [0.1, 0.15) is 11.7 Å². The molecule has 3 heterocycles. The molecule has 200 valence electrons. The van der Waals surface area contributed by atoms with Crippen molar-refractivity contribution in [2.24, 2.45) is 4.99 Å². The zero-order chi connectivity index (χ0) is 27.5. The maximum Gasteiger partial charge on any atom is 0.263 e. The average Bonchev–Trinajstić information content (AvgIpc) is 3.46. The van der Waals surface area contributed by atoms with Crippen LogP contribution in [0, 0.1) is 6.92 Å². The van der Waals surface area contributed by atoms with E-state index >= 15 is 0 Å². The van der Waals surface area contributed by atoms with Gasteiger partial charge in [-0.05, 0) is 56.0 Å². The Kier molecular flexibility index (Phi) is 10.6. The number of allylic oxidation sites excluding steroid dienone is 6. The third kappa shape index (κ3) is 6.85. The predicted molar refractivity (Wildman–Crippen MR) is 152 cm³/mol. The zero-order valence-electron chi connectivity index (χ0n) is 23.3. The van der Waals surface area contributed by atoms with E-state index in [0.717, 1.165) is 48.2 Å². The minimum absolute atomic E-state index is 0.00240. The summed E-state index contributed by atoms with van der Waals surface area (Å²) in [5, 5.41) is 14.6. The van der Waals surface area contributed by atoms with E-state index in [-0.39, 0.29) is 11.5 Å². The average molecular weight is 515 g/mol. The summed E-state index contributed by atoms with van der Waals surface area (Å²) in [5.41, 5.74) is 4.19. The van der Waals surface area contributed by atoms with Gasteiger partial charge >= 0.3 is 0 Å². The molecule has 1 atom stereocenters. The molecule has 0 saturated carbocycles. The van der Waals surface area contributed by atoms with Crippen molar-refractivity contribution in [2.45, 2.75) is 72.6 Å². The lowest BCUT2D eigenvalue weighted by molar-refractivity contribution is 0.739. The monoisotopic (exact) mass is 514 g/mol. The van der Waals surface area contributed by atoms with Gasteiger partial charge in [-0.1, -0.05) is 57.6 Å². The van der Waals surface area contributed by atoms with Gasteiger partial charge < -0.3 is 0 Å². The lowest BCUT2D eigenvalue weighted by Gasteiger charge is -2.16. The van der Waals surface area contributed by atoms with Crippen molar-refractivity contribution in [3.05, 3.63) is 93.2 Å². The molecule has 1 N–H and O–H groups in total.